The first-order valence-corrected chi connectivity index (χ1v) is 7.90. The van der Waals surface area contributed by atoms with Crippen molar-refractivity contribution >= 4 is 28.5 Å². The molecule has 0 aliphatic carbocycles. The number of carbonyl (C=O) groups is 2. The highest BCUT2D eigenvalue weighted by Crippen LogP contribution is 2.44. The number of halogens is 1. The van der Waals surface area contributed by atoms with Crippen LogP contribution in [-0.4, -0.2) is 35.2 Å². The lowest BCUT2D eigenvalue weighted by molar-refractivity contribution is 0.103. The molecule has 0 fully saturated rings. The van der Waals surface area contributed by atoms with Gasteiger partial charge in [-0.15, -0.1) is 0 Å². The van der Waals surface area contributed by atoms with Crippen LogP contribution in [0.5, 0.6) is 5.75 Å². The average Bonchev–Trinajstić information content (AvgIpc) is 3.24. The van der Waals surface area contributed by atoms with Gasteiger partial charge in [-0.1, -0.05) is 0 Å². The SMILES string of the molecule is O=C(O)NCCOc1cc(-c2ccc[nH]2)c2c3c(ccc(F)c13)NC2=O. The van der Waals surface area contributed by atoms with Crippen molar-refractivity contribution in [3.05, 3.63) is 47.9 Å². The second-order valence-electron chi connectivity index (χ2n) is 5.76. The number of carbonyl (C=O) groups excluding carboxylic acids is 1. The van der Waals surface area contributed by atoms with Crippen LogP contribution in [0, 0.1) is 5.82 Å². The smallest absolute Gasteiger partial charge is 0.404 e. The number of rotatable bonds is 5. The van der Waals surface area contributed by atoms with Gasteiger partial charge in [0.1, 0.15) is 18.2 Å². The predicted molar refractivity (Wildman–Crippen MR) is 93.2 cm³/mol. The van der Waals surface area contributed by atoms with E-state index in [1.54, 1.807) is 24.4 Å². The Labute approximate surface area is 146 Å². The van der Waals surface area contributed by atoms with Gasteiger partial charge in [-0.05, 0) is 30.3 Å². The molecule has 1 aromatic heterocycles. The molecule has 1 aliphatic rings. The number of hydrogen-bond donors (Lipinski definition) is 4. The fourth-order valence-electron chi connectivity index (χ4n) is 3.16. The number of ether oxygens (including phenoxy) is 1. The van der Waals surface area contributed by atoms with Gasteiger partial charge in [0.05, 0.1) is 23.2 Å². The van der Waals surface area contributed by atoms with Gasteiger partial charge in [0.2, 0.25) is 0 Å². The molecule has 0 unspecified atom stereocenters. The summed E-state index contributed by atoms with van der Waals surface area (Å²) in [5, 5.41) is 14.2. The normalized spacial score (nSPS) is 12.3. The Balaban J connectivity index is 1.87. The lowest BCUT2D eigenvalue weighted by Crippen LogP contribution is -2.26. The highest BCUT2D eigenvalue weighted by molar-refractivity contribution is 6.27. The third-order valence-corrected chi connectivity index (χ3v) is 4.19. The largest absolute Gasteiger partial charge is 0.491 e. The second kappa shape index (κ2) is 6.07. The standard InChI is InChI=1S/C18H14FN3O4/c19-10-3-4-12-16-14(17(23)22-12)9(11-2-1-5-20-11)8-13(15(10)16)26-7-6-21-18(24)25/h1-5,8,20-21H,6-7H2,(H,22,23)(H,24,25). The van der Waals surface area contributed by atoms with Crippen molar-refractivity contribution in [3.63, 3.8) is 0 Å². The molecule has 26 heavy (non-hydrogen) atoms. The molecule has 8 heteroatoms. The molecule has 3 aromatic rings. The number of aromatic amines is 1. The fourth-order valence-corrected chi connectivity index (χ4v) is 3.16. The van der Waals surface area contributed by atoms with E-state index in [9.17, 15) is 14.0 Å². The zero-order chi connectivity index (χ0) is 18.3. The molecule has 0 saturated carbocycles. The van der Waals surface area contributed by atoms with Crippen LogP contribution in [0.15, 0.2) is 36.5 Å². The topological polar surface area (TPSA) is 103 Å². The Kier molecular flexibility index (Phi) is 3.72. The third-order valence-electron chi connectivity index (χ3n) is 4.19. The molecule has 0 atom stereocenters. The highest BCUT2D eigenvalue weighted by Gasteiger charge is 2.29. The van der Waals surface area contributed by atoms with Gasteiger partial charge in [-0.2, -0.15) is 0 Å². The number of benzene rings is 2. The Morgan fingerprint density at radius 1 is 1.27 bits per heavy atom. The quantitative estimate of drug-likeness (QED) is 0.528. The maximum atomic E-state index is 14.5. The number of amides is 2. The Morgan fingerprint density at radius 2 is 2.12 bits per heavy atom. The van der Waals surface area contributed by atoms with E-state index >= 15 is 0 Å². The van der Waals surface area contributed by atoms with Gasteiger partial charge in [-0.25, -0.2) is 9.18 Å². The van der Waals surface area contributed by atoms with Crippen molar-refractivity contribution in [3.8, 4) is 17.0 Å². The second-order valence-corrected chi connectivity index (χ2v) is 5.76. The summed E-state index contributed by atoms with van der Waals surface area (Å²) in [5.74, 6) is -0.573. The molecule has 7 nitrogen and oxygen atoms in total. The van der Waals surface area contributed by atoms with E-state index < -0.39 is 11.9 Å². The lowest BCUT2D eigenvalue weighted by Gasteiger charge is -2.14. The molecular weight excluding hydrogens is 341 g/mol. The average molecular weight is 355 g/mol. The minimum Gasteiger partial charge on any atom is -0.491 e. The van der Waals surface area contributed by atoms with Crippen LogP contribution in [0.3, 0.4) is 0 Å². The highest BCUT2D eigenvalue weighted by atomic mass is 19.1. The van der Waals surface area contributed by atoms with E-state index in [0.717, 1.165) is 0 Å². The van der Waals surface area contributed by atoms with E-state index in [2.05, 4.69) is 15.6 Å². The molecule has 2 heterocycles. The summed E-state index contributed by atoms with van der Waals surface area (Å²) in [5.41, 5.74) is 2.18. The summed E-state index contributed by atoms with van der Waals surface area (Å²) in [6.07, 6.45) is 0.560. The molecular formula is C18H14FN3O4. The summed E-state index contributed by atoms with van der Waals surface area (Å²) in [7, 11) is 0. The Hall–Kier alpha value is -3.55. The summed E-state index contributed by atoms with van der Waals surface area (Å²) < 4.78 is 20.2. The van der Waals surface area contributed by atoms with Crippen LogP contribution in [0.2, 0.25) is 0 Å². The van der Waals surface area contributed by atoms with Gasteiger partial charge in [0, 0.05) is 22.8 Å². The molecule has 0 spiro atoms. The van der Waals surface area contributed by atoms with Crippen LogP contribution < -0.4 is 15.4 Å². The van der Waals surface area contributed by atoms with Gasteiger partial charge < -0.3 is 25.5 Å². The van der Waals surface area contributed by atoms with Crippen molar-refractivity contribution in [2.75, 3.05) is 18.5 Å². The number of H-pyrrole nitrogens is 1. The molecule has 1 aliphatic heterocycles. The number of anilines is 1. The van der Waals surface area contributed by atoms with Gasteiger partial charge in [0.25, 0.3) is 5.91 Å². The molecule has 132 valence electrons. The summed E-state index contributed by atoms with van der Waals surface area (Å²) >= 11 is 0. The van der Waals surface area contributed by atoms with Gasteiger partial charge in [0.15, 0.2) is 0 Å². The van der Waals surface area contributed by atoms with Crippen molar-refractivity contribution in [1.82, 2.24) is 10.3 Å². The number of aromatic nitrogens is 1. The minimum absolute atomic E-state index is 0.0238. The van der Waals surface area contributed by atoms with Crippen LogP contribution in [0.25, 0.3) is 22.0 Å². The number of carboxylic acid groups (broad SMARTS) is 1. The number of hydrogen-bond acceptors (Lipinski definition) is 3. The Morgan fingerprint density at radius 3 is 2.85 bits per heavy atom. The van der Waals surface area contributed by atoms with Gasteiger partial charge in [-0.3, -0.25) is 4.79 Å². The van der Waals surface area contributed by atoms with Crippen LogP contribution in [-0.2, 0) is 0 Å². The molecule has 4 N–H and O–H groups in total. The first-order valence-electron chi connectivity index (χ1n) is 7.90. The van der Waals surface area contributed by atoms with Gasteiger partial charge >= 0.3 is 6.09 Å². The van der Waals surface area contributed by atoms with E-state index in [1.165, 1.54) is 12.1 Å². The number of nitrogens with one attached hydrogen (secondary N) is 3. The van der Waals surface area contributed by atoms with E-state index in [-0.39, 0.29) is 30.2 Å². The molecule has 2 aromatic carbocycles. The van der Waals surface area contributed by atoms with Crippen molar-refractivity contribution < 1.29 is 23.8 Å². The lowest BCUT2D eigenvalue weighted by atomic mass is 9.96. The monoisotopic (exact) mass is 355 g/mol. The van der Waals surface area contributed by atoms with E-state index in [0.29, 0.717) is 27.9 Å². The van der Waals surface area contributed by atoms with Crippen LogP contribution in [0.4, 0.5) is 14.9 Å². The maximum absolute atomic E-state index is 14.5. The first-order chi connectivity index (χ1) is 12.6. The van der Waals surface area contributed by atoms with Crippen LogP contribution >= 0.6 is 0 Å². The molecule has 0 bridgehead atoms. The summed E-state index contributed by atoms with van der Waals surface area (Å²) in [4.78, 5) is 26.0. The van der Waals surface area contributed by atoms with Crippen molar-refractivity contribution in [2.24, 2.45) is 0 Å². The van der Waals surface area contributed by atoms with Crippen LogP contribution in [0.1, 0.15) is 10.4 Å². The third kappa shape index (κ3) is 2.52. The molecule has 0 radical (unpaired) electrons. The van der Waals surface area contributed by atoms with E-state index in [4.69, 9.17) is 9.84 Å². The van der Waals surface area contributed by atoms with E-state index in [1.807, 2.05) is 0 Å². The molecule has 0 saturated heterocycles. The minimum atomic E-state index is -1.16. The van der Waals surface area contributed by atoms with Crippen molar-refractivity contribution in [1.29, 1.82) is 0 Å². The zero-order valence-electron chi connectivity index (χ0n) is 13.4. The van der Waals surface area contributed by atoms with Crippen molar-refractivity contribution in [2.45, 2.75) is 0 Å². The summed E-state index contributed by atoms with van der Waals surface area (Å²) in [6.45, 7) is 0.0743. The molecule has 2 amide bonds. The molecule has 4 rings (SSSR count). The predicted octanol–water partition coefficient (Wildman–Crippen LogP) is 3.19. The Bertz CT molecular complexity index is 1030. The summed E-state index contributed by atoms with van der Waals surface area (Å²) in [6, 6.07) is 7.98. The zero-order valence-corrected chi connectivity index (χ0v) is 13.4. The maximum Gasteiger partial charge on any atom is 0.404 e. The fraction of sp³-hybridized carbons (Fsp3) is 0.111. The first kappa shape index (κ1) is 15.9.